The number of nitrogens with one attached hydrogen (secondary N) is 2. The van der Waals surface area contributed by atoms with E-state index in [0.29, 0.717) is 33.7 Å². The molecule has 0 aliphatic heterocycles. The van der Waals surface area contributed by atoms with Gasteiger partial charge < -0.3 is 20.9 Å². The first-order chi connectivity index (χ1) is 12.0. The van der Waals surface area contributed by atoms with E-state index >= 15 is 0 Å². The van der Waals surface area contributed by atoms with Crippen LogP contribution in [0.3, 0.4) is 0 Å². The van der Waals surface area contributed by atoms with Gasteiger partial charge in [0.2, 0.25) is 5.82 Å². The van der Waals surface area contributed by atoms with Crippen molar-refractivity contribution in [2.75, 3.05) is 10.6 Å². The van der Waals surface area contributed by atoms with Gasteiger partial charge in [-0.25, -0.2) is 4.79 Å². The summed E-state index contributed by atoms with van der Waals surface area (Å²) in [5.41, 5.74) is 7.30. The second-order valence-corrected chi connectivity index (χ2v) is 5.99. The highest BCUT2D eigenvalue weighted by Crippen LogP contribution is 2.26. The van der Waals surface area contributed by atoms with Crippen LogP contribution in [-0.2, 0) is 6.54 Å². The molecule has 0 aliphatic carbocycles. The third kappa shape index (κ3) is 4.62. The molecule has 9 heteroatoms. The maximum atomic E-state index is 10.8. The lowest BCUT2D eigenvalue weighted by Crippen LogP contribution is -2.19. The molecule has 0 atom stereocenters. The fourth-order valence-corrected chi connectivity index (χ4v) is 2.65. The van der Waals surface area contributed by atoms with Crippen LogP contribution in [0.4, 0.5) is 16.5 Å². The number of primary amides is 1. The van der Waals surface area contributed by atoms with Crippen molar-refractivity contribution in [3.05, 3.63) is 58.1 Å². The predicted octanol–water partition coefficient (Wildman–Crippen LogP) is 4.15. The van der Waals surface area contributed by atoms with E-state index in [1.165, 1.54) is 0 Å². The van der Waals surface area contributed by atoms with Crippen LogP contribution in [-0.4, -0.2) is 16.2 Å². The quantitative estimate of drug-likeness (QED) is 0.619. The standard InChI is InChI=1S/C16H13Cl2N5O2/c17-11-5-10(6-12(18)7-11)14-22-16(25-23-14)20-8-9-1-3-13(4-2-9)21-15(19)24/h1-7H,8H2,(H3,19,21,24)(H,20,22,23). The average molecular weight is 378 g/mol. The van der Waals surface area contributed by atoms with Crippen molar-refractivity contribution in [2.45, 2.75) is 6.54 Å². The monoisotopic (exact) mass is 377 g/mol. The summed E-state index contributed by atoms with van der Waals surface area (Å²) in [4.78, 5) is 15.0. The number of hydrogen-bond donors (Lipinski definition) is 3. The third-order valence-corrected chi connectivity index (χ3v) is 3.65. The van der Waals surface area contributed by atoms with Crippen LogP contribution in [0.1, 0.15) is 5.56 Å². The van der Waals surface area contributed by atoms with Crippen molar-refractivity contribution in [3.63, 3.8) is 0 Å². The van der Waals surface area contributed by atoms with Crippen LogP contribution in [0.2, 0.25) is 10.0 Å². The molecule has 7 nitrogen and oxygen atoms in total. The summed E-state index contributed by atoms with van der Waals surface area (Å²) in [5.74, 6) is 0.382. The third-order valence-electron chi connectivity index (χ3n) is 3.21. The van der Waals surface area contributed by atoms with Crippen LogP contribution in [0.5, 0.6) is 0 Å². The average Bonchev–Trinajstić information content (AvgIpc) is 3.02. The van der Waals surface area contributed by atoms with E-state index in [0.717, 1.165) is 5.56 Å². The highest BCUT2D eigenvalue weighted by molar-refractivity contribution is 6.35. The van der Waals surface area contributed by atoms with Crippen molar-refractivity contribution in [1.82, 2.24) is 10.1 Å². The number of nitrogens with two attached hydrogens (primary N) is 1. The molecule has 0 aliphatic rings. The Balaban J connectivity index is 1.64. The summed E-state index contributed by atoms with van der Waals surface area (Å²) in [7, 11) is 0. The molecule has 0 fully saturated rings. The highest BCUT2D eigenvalue weighted by atomic mass is 35.5. The van der Waals surface area contributed by atoms with Crippen molar-refractivity contribution >= 4 is 40.9 Å². The number of halogens is 2. The summed E-state index contributed by atoms with van der Waals surface area (Å²) in [6.07, 6.45) is 0. The van der Waals surface area contributed by atoms with Gasteiger partial charge in [0.15, 0.2) is 0 Å². The molecule has 4 N–H and O–H groups in total. The Morgan fingerprint density at radius 2 is 1.80 bits per heavy atom. The summed E-state index contributed by atoms with van der Waals surface area (Å²) in [6.45, 7) is 0.467. The van der Waals surface area contributed by atoms with Gasteiger partial charge in [0.05, 0.1) is 0 Å². The van der Waals surface area contributed by atoms with Gasteiger partial charge in [-0.1, -0.05) is 40.5 Å². The number of hydrogen-bond acceptors (Lipinski definition) is 5. The molecular formula is C16H13Cl2N5O2. The number of anilines is 2. The van der Waals surface area contributed by atoms with Gasteiger partial charge in [-0.05, 0) is 35.9 Å². The van der Waals surface area contributed by atoms with Crippen molar-refractivity contribution in [1.29, 1.82) is 0 Å². The van der Waals surface area contributed by atoms with Gasteiger partial charge >= 0.3 is 12.0 Å². The SMILES string of the molecule is NC(=O)Nc1ccc(CNc2nc(-c3cc(Cl)cc(Cl)c3)no2)cc1. The lowest BCUT2D eigenvalue weighted by atomic mass is 10.2. The molecule has 2 aromatic carbocycles. The van der Waals surface area contributed by atoms with Gasteiger partial charge in [0.25, 0.3) is 0 Å². The largest absolute Gasteiger partial charge is 0.351 e. The molecule has 25 heavy (non-hydrogen) atoms. The molecule has 0 radical (unpaired) electrons. The van der Waals surface area contributed by atoms with Crippen molar-refractivity contribution in [2.24, 2.45) is 5.73 Å². The van der Waals surface area contributed by atoms with Gasteiger partial charge in [-0.15, -0.1) is 0 Å². The molecule has 1 heterocycles. The molecule has 3 aromatic rings. The van der Waals surface area contributed by atoms with E-state index in [2.05, 4.69) is 20.8 Å². The Morgan fingerprint density at radius 1 is 1.12 bits per heavy atom. The zero-order chi connectivity index (χ0) is 17.8. The molecule has 3 rings (SSSR count). The maximum Gasteiger partial charge on any atom is 0.322 e. The summed E-state index contributed by atoms with van der Waals surface area (Å²) >= 11 is 11.9. The minimum atomic E-state index is -0.606. The fraction of sp³-hybridized carbons (Fsp3) is 0.0625. The number of aromatic nitrogens is 2. The lowest BCUT2D eigenvalue weighted by Gasteiger charge is -2.04. The first kappa shape index (κ1) is 17.1. The van der Waals surface area contributed by atoms with E-state index in [4.69, 9.17) is 33.5 Å². The van der Waals surface area contributed by atoms with Gasteiger partial charge in [0.1, 0.15) is 0 Å². The van der Waals surface area contributed by atoms with E-state index < -0.39 is 6.03 Å². The summed E-state index contributed by atoms with van der Waals surface area (Å²) in [5, 5.41) is 10.4. The lowest BCUT2D eigenvalue weighted by molar-refractivity contribution is 0.259. The molecule has 1 aromatic heterocycles. The van der Waals surface area contributed by atoms with Gasteiger partial charge in [0, 0.05) is 27.8 Å². The van der Waals surface area contributed by atoms with Gasteiger partial charge in [-0.3, -0.25) is 0 Å². The normalized spacial score (nSPS) is 10.5. The number of carbonyl (C=O) groups excluding carboxylic acids is 1. The maximum absolute atomic E-state index is 10.8. The molecular weight excluding hydrogens is 365 g/mol. The number of benzene rings is 2. The van der Waals surface area contributed by atoms with E-state index in [1.807, 2.05) is 12.1 Å². The van der Waals surface area contributed by atoms with E-state index in [9.17, 15) is 4.79 Å². The van der Waals surface area contributed by atoms with Gasteiger partial charge in [-0.2, -0.15) is 4.98 Å². The molecule has 128 valence electrons. The summed E-state index contributed by atoms with van der Waals surface area (Å²) < 4.78 is 5.16. The molecule has 0 unspecified atom stereocenters. The van der Waals surface area contributed by atoms with Crippen LogP contribution < -0.4 is 16.4 Å². The Kier molecular flexibility index (Phi) is 5.06. The number of amides is 2. The van der Waals surface area contributed by atoms with Crippen molar-refractivity contribution in [3.8, 4) is 11.4 Å². The molecule has 0 saturated heterocycles. The Labute approximate surface area is 153 Å². The minimum Gasteiger partial charge on any atom is -0.351 e. The van der Waals surface area contributed by atoms with E-state index in [1.54, 1.807) is 30.3 Å². The Bertz CT molecular complexity index is 876. The smallest absolute Gasteiger partial charge is 0.322 e. The Morgan fingerprint density at radius 3 is 2.44 bits per heavy atom. The van der Waals surface area contributed by atoms with E-state index in [-0.39, 0.29) is 6.01 Å². The summed E-state index contributed by atoms with van der Waals surface area (Å²) in [6, 6.07) is 11.9. The second kappa shape index (κ2) is 7.42. The molecule has 0 saturated carbocycles. The van der Waals surface area contributed by atoms with Crippen LogP contribution >= 0.6 is 23.2 Å². The zero-order valence-corrected chi connectivity index (χ0v) is 14.3. The number of urea groups is 1. The first-order valence-corrected chi connectivity index (χ1v) is 7.94. The minimum absolute atomic E-state index is 0.269. The predicted molar refractivity (Wildman–Crippen MR) is 96.7 cm³/mol. The highest BCUT2D eigenvalue weighted by Gasteiger charge is 2.10. The van der Waals surface area contributed by atoms with Crippen molar-refractivity contribution < 1.29 is 9.32 Å². The number of rotatable bonds is 5. The molecule has 0 spiro atoms. The van der Waals surface area contributed by atoms with Crippen LogP contribution in [0.25, 0.3) is 11.4 Å². The Hall–Kier alpha value is -2.77. The topological polar surface area (TPSA) is 106 Å². The van der Waals surface area contributed by atoms with Crippen LogP contribution in [0.15, 0.2) is 47.0 Å². The number of carbonyl (C=O) groups is 1. The second-order valence-electron chi connectivity index (χ2n) is 5.12. The molecule has 0 bridgehead atoms. The zero-order valence-electron chi connectivity index (χ0n) is 12.8. The molecule has 2 amide bonds. The fourth-order valence-electron chi connectivity index (χ4n) is 2.12. The number of nitrogens with zero attached hydrogens (tertiary/aromatic N) is 2. The van der Waals surface area contributed by atoms with Crippen LogP contribution in [0, 0.1) is 0 Å². The first-order valence-electron chi connectivity index (χ1n) is 7.19.